The molecule has 1 N–H and O–H groups in total. The zero-order valence-electron chi connectivity index (χ0n) is 13.3. The molecule has 0 aliphatic heterocycles. The summed E-state index contributed by atoms with van der Waals surface area (Å²) in [5.74, 6) is 0.679. The van der Waals surface area contributed by atoms with Crippen LogP contribution in [0.1, 0.15) is 21.7 Å². The predicted octanol–water partition coefficient (Wildman–Crippen LogP) is 5.01. The van der Waals surface area contributed by atoms with Crippen LogP contribution in [0, 0.1) is 0 Å². The number of ether oxygens (including phenoxy) is 1. The molecule has 0 spiro atoms. The highest BCUT2D eigenvalue weighted by Gasteiger charge is 2.07. The van der Waals surface area contributed by atoms with Crippen molar-refractivity contribution in [1.29, 1.82) is 0 Å². The number of benzene rings is 2. The minimum absolute atomic E-state index is 0.0915. The fourth-order valence-electron chi connectivity index (χ4n) is 2.38. The Morgan fingerprint density at radius 2 is 1.88 bits per heavy atom. The number of amides is 1. The third-order valence-electron chi connectivity index (χ3n) is 3.56. The molecule has 0 aliphatic carbocycles. The Balaban J connectivity index is 1.49. The van der Waals surface area contributed by atoms with E-state index in [9.17, 15) is 4.79 Å². The summed E-state index contributed by atoms with van der Waals surface area (Å²) in [7, 11) is 0. The van der Waals surface area contributed by atoms with Gasteiger partial charge in [0.1, 0.15) is 5.75 Å². The molecule has 1 amide bonds. The molecule has 0 saturated heterocycles. The van der Waals surface area contributed by atoms with E-state index in [0.717, 1.165) is 24.3 Å². The highest BCUT2D eigenvalue weighted by atomic mass is 32.1. The lowest BCUT2D eigenvalue weighted by Crippen LogP contribution is -2.10. The highest BCUT2D eigenvalue weighted by Crippen LogP contribution is 2.19. The summed E-state index contributed by atoms with van der Waals surface area (Å²) >= 11 is 1.43. The second-order valence-corrected chi connectivity index (χ2v) is 6.34. The molecule has 2 aromatic carbocycles. The lowest BCUT2D eigenvalue weighted by Gasteiger charge is -2.09. The monoisotopic (exact) mass is 337 g/mol. The largest absolute Gasteiger partial charge is 0.494 e. The van der Waals surface area contributed by atoms with Crippen LogP contribution < -0.4 is 10.1 Å². The first-order chi connectivity index (χ1) is 11.8. The van der Waals surface area contributed by atoms with Crippen molar-refractivity contribution in [2.45, 2.75) is 12.8 Å². The first kappa shape index (κ1) is 16.3. The second kappa shape index (κ2) is 8.31. The molecular formula is C20H19NO2S. The van der Waals surface area contributed by atoms with Crippen LogP contribution in [0.4, 0.5) is 5.69 Å². The number of carbonyl (C=O) groups is 1. The minimum Gasteiger partial charge on any atom is -0.494 e. The van der Waals surface area contributed by atoms with Gasteiger partial charge in [-0.05, 0) is 42.0 Å². The van der Waals surface area contributed by atoms with Crippen LogP contribution in [0.2, 0.25) is 0 Å². The van der Waals surface area contributed by atoms with Gasteiger partial charge in [0.05, 0.1) is 11.5 Å². The molecule has 0 aliphatic rings. The van der Waals surface area contributed by atoms with Crippen molar-refractivity contribution in [1.82, 2.24) is 0 Å². The number of anilines is 1. The van der Waals surface area contributed by atoms with Gasteiger partial charge in [-0.1, -0.05) is 42.5 Å². The standard InChI is InChI=1S/C20H19NO2S/c22-20(19-12-6-14-24-19)21-17-10-4-11-18(15-17)23-13-5-9-16-7-2-1-3-8-16/h1-4,6-8,10-12,14-15H,5,9,13H2,(H,21,22). The Labute approximate surface area is 145 Å². The van der Waals surface area contributed by atoms with Crippen molar-refractivity contribution >= 4 is 22.9 Å². The SMILES string of the molecule is O=C(Nc1cccc(OCCCc2ccccc2)c1)c1cccs1. The maximum absolute atomic E-state index is 12.1. The van der Waals surface area contributed by atoms with E-state index >= 15 is 0 Å². The Bertz CT molecular complexity index is 769. The van der Waals surface area contributed by atoms with E-state index in [-0.39, 0.29) is 5.91 Å². The molecule has 0 fully saturated rings. The molecule has 0 saturated carbocycles. The van der Waals surface area contributed by atoms with Crippen LogP contribution in [-0.2, 0) is 6.42 Å². The Morgan fingerprint density at radius 3 is 2.67 bits per heavy atom. The number of rotatable bonds is 7. The van der Waals surface area contributed by atoms with E-state index in [1.807, 2.05) is 47.8 Å². The topological polar surface area (TPSA) is 38.3 Å². The van der Waals surface area contributed by atoms with Crippen molar-refractivity contribution in [3.63, 3.8) is 0 Å². The lowest BCUT2D eigenvalue weighted by molar-refractivity contribution is 0.103. The summed E-state index contributed by atoms with van der Waals surface area (Å²) in [6.45, 7) is 0.650. The number of aryl methyl sites for hydroxylation is 1. The maximum atomic E-state index is 12.1. The van der Waals surface area contributed by atoms with Crippen molar-refractivity contribution in [3.8, 4) is 5.75 Å². The van der Waals surface area contributed by atoms with Crippen molar-refractivity contribution in [2.24, 2.45) is 0 Å². The van der Waals surface area contributed by atoms with Crippen LogP contribution in [-0.4, -0.2) is 12.5 Å². The van der Waals surface area contributed by atoms with Gasteiger partial charge >= 0.3 is 0 Å². The zero-order valence-corrected chi connectivity index (χ0v) is 14.1. The van der Waals surface area contributed by atoms with Crippen LogP contribution in [0.3, 0.4) is 0 Å². The van der Waals surface area contributed by atoms with Crippen LogP contribution in [0.15, 0.2) is 72.1 Å². The Morgan fingerprint density at radius 1 is 1.00 bits per heavy atom. The van der Waals surface area contributed by atoms with Crippen LogP contribution in [0.5, 0.6) is 5.75 Å². The quantitative estimate of drug-likeness (QED) is 0.615. The molecular weight excluding hydrogens is 318 g/mol. The molecule has 3 nitrogen and oxygen atoms in total. The summed E-state index contributed by atoms with van der Waals surface area (Å²) in [5.41, 5.74) is 2.06. The summed E-state index contributed by atoms with van der Waals surface area (Å²) < 4.78 is 5.79. The highest BCUT2D eigenvalue weighted by molar-refractivity contribution is 7.12. The fourth-order valence-corrected chi connectivity index (χ4v) is 2.99. The third-order valence-corrected chi connectivity index (χ3v) is 4.43. The first-order valence-corrected chi connectivity index (χ1v) is 8.81. The third kappa shape index (κ3) is 4.70. The van der Waals surface area contributed by atoms with E-state index in [0.29, 0.717) is 11.5 Å². The van der Waals surface area contributed by atoms with Crippen molar-refractivity contribution < 1.29 is 9.53 Å². The molecule has 122 valence electrons. The van der Waals surface area contributed by atoms with Gasteiger partial charge in [-0.3, -0.25) is 4.79 Å². The van der Waals surface area contributed by atoms with Crippen LogP contribution >= 0.6 is 11.3 Å². The molecule has 3 aromatic rings. The van der Waals surface area contributed by atoms with Gasteiger partial charge in [0.15, 0.2) is 0 Å². The molecule has 24 heavy (non-hydrogen) atoms. The number of nitrogens with one attached hydrogen (secondary N) is 1. The fraction of sp³-hybridized carbons (Fsp3) is 0.150. The summed E-state index contributed by atoms with van der Waals surface area (Å²) in [5, 5.41) is 4.78. The summed E-state index contributed by atoms with van der Waals surface area (Å²) in [6, 6.07) is 21.6. The maximum Gasteiger partial charge on any atom is 0.265 e. The Hall–Kier alpha value is -2.59. The average molecular weight is 337 g/mol. The van der Waals surface area contributed by atoms with Gasteiger partial charge in [-0.15, -0.1) is 11.3 Å². The number of thiophene rings is 1. The predicted molar refractivity (Wildman–Crippen MR) is 99.0 cm³/mol. The average Bonchev–Trinajstić information content (AvgIpc) is 3.15. The summed E-state index contributed by atoms with van der Waals surface area (Å²) in [4.78, 5) is 12.8. The lowest BCUT2D eigenvalue weighted by atomic mass is 10.1. The van der Waals surface area contributed by atoms with E-state index in [4.69, 9.17) is 4.74 Å². The molecule has 1 aromatic heterocycles. The van der Waals surface area contributed by atoms with E-state index < -0.39 is 0 Å². The van der Waals surface area contributed by atoms with E-state index in [2.05, 4.69) is 29.6 Å². The van der Waals surface area contributed by atoms with Crippen molar-refractivity contribution in [2.75, 3.05) is 11.9 Å². The number of hydrogen-bond donors (Lipinski definition) is 1. The molecule has 0 atom stereocenters. The Kier molecular flexibility index (Phi) is 5.64. The first-order valence-electron chi connectivity index (χ1n) is 7.93. The number of carbonyl (C=O) groups excluding carboxylic acids is 1. The molecule has 0 unspecified atom stereocenters. The van der Waals surface area contributed by atoms with Gasteiger partial charge in [-0.2, -0.15) is 0 Å². The van der Waals surface area contributed by atoms with Gasteiger partial charge in [0.2, 0.25) is 0 Å². The second-order valence-electron chi connectivity index (χ2n) is 5.40. The van der Waals surface area contributed by atoms with E-state index in [1.54, 1.807) is 0 Å². The minimum atomic E-state index is -0.0915. The van der Waals surface area contributed by atoms with Gasteiger partial charge in [0, 0.05) is 11.8 Å². The number of hydrogen-bond acceptors (Lipinski definition) is 3. The van der Waals surface area contributed by atoms with Gasteiger partial charge in [-0.25, -0.2) is 0 Å². The van der Waals surface area contributed by atoms with Gasteiger partial charge in [0.25, 0.3) is 5.91 Å². The van der Waals surface area contributed by atoms with Crippen LogP contribution in [0.25, 0.3) is 0 Å². The van der Waals surface area contributed by atoms with E-state index in [1.165, 1.54) is 16.9 Å². The molecule has 0 bridgehead atoms. The van der Waals surface area contributed by atoms with Crippen molar-refractivity contribution in [3.05, 3.63) is 82.6 Å². The zero-order chi connectivity index (χ0) is 16.6. The van der Waals surface area contributed by atoms with Gasteiger partial charge < -0.3 is 10.1 Å². The molecule has 3 rings (SSSR count). The summed E-state index contributed by atoms with van der Waals surface area (Å²) in [6.07, 6.45) is 1.95. The normalized spacial score (nSPS) is 10.3. The molecule has 0 radical (unpaired) electrons. The smallest absolute Gasteiger partial charge is 0.265 e. The molecule has 1 heterocycles. The molecule has 4 heteroatoms.